The maximum Gasteiger partial charge on any atom is 0.407 e. The minimum atomic E-state index is -0.468. The molecule has 1 aliphatic heterocycles. The number of carbonyl (C=O) groups is 1. The molecule has 0 saturated carbocycles. The molecule has 0 aliphatic carbocycles. The van der Waals surface area contributed by atoms with Crippen LogP contribution in [0.1, 0.15) is 53.5 Å². The molecule has 1 aromatic rings. The van der Waals surface area contributed by atoms with Crippen molar-refractivity contribution in [2.45, 2.75) is 78.2 Å². The zero-order chi connectivity index (χ0) is 17.9. The van der Waals surface area contributed by atoms with Crippen molar-refractivity contribution in [1.29, 1.82) is 0 Å². The van der Waals surface area contributed by atoms with Gasteiger partial charge in [0.1, 0.15) is 5.60 Å². The van der Waals surface area contributed by atoms with E-state index in [0.717, 1.165) is 13.0 Å². The van der Waals surface area contributed by atoms with Crippen LogP contribution in [0.25, 0.3) is 0 Å². The van der Waals surface area contributed by atoms with E-state index in [4.69, 9.17) is 4.74 Å². The van der Waals surface area contributed by atoms with E-state index < -0.39 is 5.60 Å². The molecular formula is C20H32N2O2. The Balaban J connectivity index is 2.07. The van der Waals surface area contributed by atoms with Crippen molar-refractivity contribution in [1.82, 2.24) is 10.2 Å². The van der Waals surface area contributed by atoms with Crippen molar-refractivity contribution in [3.63, 3.8) is 0 Å². The predicted molar refractivity (Wildman–Crippen MR) is 97.8 cm³/mol. The Kier molecular flexibility index (Phi) is 5.92. The molecule has 1 fully saturated rings. The number of hydrogen-bond acceptors (Lipinski definition) is 3. The Labute approximate surface area is 146 Å². The quantitative estimate of drug-likeness (QED) is 0.902. The molecule has 1 aliphatic rings. The highest BCUT2D eigenvalue weighted by Gasteiger charge is 2.37. The summed E-state index contributed by atoms with van der Waals surface area (Å²) in [6.45, 7) is 13.3. The van der Waals surface area contributed by atoms with Gasteiger partial charge in [-0.25, -0.2) is 4.79 Å². The van der Waals surface area contributed by atoms with Gasteiger partial charge in [0.05, 0.1) is 0 Å². The number of likely N-dealkylation sites (tertiary alicyclic amines) is 1. The van der Waals surface area contributed by atoms with Crippen molar-refractivity contribution < 1.29 is 9.53 Å². The summed E-state index contributed by atoms with van der Waals surface area (Å²) in [5, 5.41) is 3.09. The van der Waals surface area contributed by atoms with Crippen molar-refractivity contribution >= 4 is 6.09 Å². The molecule has 0 bridgehead atoms. The molecule has 4 atom stereocenters. The van der Waals surface area contributed by atoms with Gasteiger partial charge in [-0.15, -0.1) is 0 Å². The Morgan fingerprint density at radius 1 is 1.17 bits per heavy atom. The monoisotopic (exact) mass is 332 g/mol. The Morgan fingerprint density at radius 3 is 2.38 bits per heavy atom. The number of nitrogens with zero attached hydrogens (tertiary/aromatic N) is 1. The second-order valence-electron chi connectivity index (χ2n) is 8.10. The van der Waals surface area contributed by atoms with E-state index in [1.165, 1.54) is 5.56 Å². The highest BCUT2D eigenvalue weighted by molar-refractivity contribution is 5.68. The summed E-state index contributed by atoms with van der Waals surface area (Å²) in [4.78, 5) is 14.7. The fourth-order valence-corrected chi connectivity index (χ4v) is 3.44. The summed E-state index contributed by atoms with van der Waals surface area (Å²) in [6, 6.07) is 11.4. The number of ether oxygens (including phenoxy) is 1. The SMILES string of the molecule is C[C@@H]1[C@@H](C)C[C@H](NC(=O)OC(C)(C)C)[C@H](C)N1Cc1ccccc1. The Morgan fingerprint density at radius 2 is 1.79 bits per heavy atom. The van der Waals surface area contributed by atoms with Crippen LogP contribution in [0.5, 0.6) is 0 Å². The second kappa shape index (κ2) is 7.56. The van der Waals surface area contributed by atoms with Gasteiger partial charge < -0.3 is 10.1 Å². The lowest BCUT2D eigenvalue weighted by Gasteiger charge is -2.47. The smallest absolute Gasteiger partial charge is 0.407 e. The number of nitrogens with one attached hydrogen (secondary N) is 1. The van der Waals surface area contributed by atoms with Crippen LogP contribution >= 0.6 is 0 Å². The zero-order valence-electron chi connectivity index (χ0n) is 15.9. The molecule has 4 heteroatoms. The van der Waals surface area contributed by atoms with Crippen LogP contribution in [0.15, 0.2) is 30.3 Å². The van der Waals surface area contributed by atoms with Gasteiger partial charge in [-0.3, -0.25) is 4.90 Å². The normalized spacial score (nSPS) is 28.4. The van der Waals surface area contributed by atoms with E-state index in [1.807, 2.05) is 26.8 Å². The molecular weight excluding hydrogens is 300 g/mol. The molecule has 0 aromatic heterocycles. The fraction of sp³-hybridized carbons (Fsp3) is 0.650. The van der Waals surface area contributed by atoms with Gasteiger partial charge in [0.2, 0.25) is 0 Å². The lowest BCUT2D eigenvalue weighted by molar-refractivity contribution is 0.0161. The highest BCUT2D eigenvalue weighted by atomic mass is 16.6. The summed E-state index contributed by atoms with van der Waals surface area (Å²) in [5.41, 5.74) is 0.839. The lowest BCUT2D eigenvalue weighted by atomic mass is 9.84. The van der Waals surface area contributed by atoms with Gasteiger partial charge >= 0.3 is 6.09 Å². The third-order valence-electron chi connectivity index (χ3n) is 4.99. The fourth-order valence-electron chi connectivity index (χ4n) is 3.44. The third-order valence-corrected chi connectivity index (χ3v) is 4.99. The number of alkyl carbamates (subject to hydrolysis) is 1. The second-order valence-corrected chi connectivity index (χ2v) is 8.10. The zero-order valence-corrected chi connectivity index (χ0v) is 15.9. The summed E-state index contributed by atoms with van der Waals surface area (Å²) < 4.78 is 5.44. The first-order valence-electron chi connectivity index (χ1n) is 8.96. The van der Waals surface area contributed by atoms with Crippen LogP contribution < -0.4 is 5.32 Å². The van der Waals surface area contributed by atoms with Gasteiger partial charge in [-0.1, -0.05) is 37.3 Å². The van der Waals surface area contributed by atoms with Gasteiger partial charge in [0.25, 0.3) is 0 Å². The van der Waals surface area contributed by atoms with Crippen LogP contribution in [0.4, 0.5) is 4.79 Å². The van der Waals surface area contributed by atoms with E-state index in [-0.39, 0.29) is 18.2 Å². The van der Waals surface area contributed by atoms with Crippen LogP contribution in [0.2, 0.25) is 0 Å². The molecule has 0 radical (unpaired) electrons. The van der Waals surface area contributed by atoms with Crippen LogP contribution in [0.3, 0.4) is 0 Å². The number of piperidine rings is 1. The third kappa shape index (κ3) is 4.97. The molecule has 1 aromatic carbocycles. The van der Waals surface area contributed by atoms with Crippen LogP contribution in [0, 0.1) is 5.92 Å². The first-order chi connectivity index (χ1) is 11.2. The summed E-state index contributed by atoms with van der Waals surface area (Å²) in [6.07, 6.45) is 0.660. The standard InChI is InChI=1S/C20H32N2O2/c1-14-12-18(21-19(23)24-20(4,5)6)16(3)22(15(14)2)13-17-10-8-7-9-11-17/h7-11,14-16,18H,12-13H2,1-6H3,(H,21,23)/t14-,15+,16-,18-/m0/s1. The minimum absolute atomic E-state index is 0.106. The number of amides is 1. The largest absolute Gasteiger partial charge is 0.444 e. The van der Waals surface area contributed by atoms with Gasteiger partial charge in [-0.05, 0) is 52.5 Å². The minimum Gasteiger partial charge on any atom is -0.444 e. The molecule has 1 N–H and O–H groups in total. The van der Waals surface area contributed by atoms with E-state index in [0.29, 0.717) is 12.0 Å². The molecule has 24 heavy (non-hydrogen) atoms. The summed E-state index contributed by atoms with van der Waals surface area (Å²) in [5.74, 6) is 0.518. The summed E-state index contributed by atoms with van der Waals surface area (Å²) >= 11 is 0. The predicted octanol–water partition coefficient (Wildman–Crippen LogP) is 4.20. The molecule has 0 spiro atoms. The Hall–Kier alpha value is -1.55. The Bertz CT molecular complexity index is 538. The molecule has 1 amide bonds. The van der Waals surface area contributed by atoms with E-state index >= 15 is 0 Å². The molecule has 134 valence electrons. The first kappa shape index (κ1) is 18.8. The van der Waals surface area contributed by atoms with E-state index in [1.54, 1.807) is 0 Å². The average molecular weight is 332 g/mol. The lowest BCUT2D eigenvalue weighted by Crippen LogP contribution is -2.59. The highest BCUT2D eigenvalue weighted by Crippen LogP contribution is 2.29. The van der Waals surface area contributed by atoms with E-state index in [9.17, 15) is 4.79 Å². The number of hydrogen-bond donors (Lipinski definition) is 1. The van der Waals surface area contributed by atoms with Gasteiger partial charge in [0.15, 0.2) is 0 Å². The van der Waals surface area contributed by atoms with Crippen molar-refractivity contribution in [2.75, 3.05) is 0 Å². The maximum atomic E-state index is 12.2. The van der Waals surface area contributed by atoms with Gasteiger partial charge in [-0.2, -0.15) is 0 Å². The number of benzene rings is 1. The molecule has 2 rings (SSSR count). The van der Waals surface area contributed by atoms with Crippen molar-refractivity contribution in [3.8, 4) is 0 Å². The first-order valence-corrected chi connectivity index (χ1v) is 8.96. The van der Waals surface area contributed by atoms with E-state index in [2.05, 4.69) is 55.3 Å². The number of rotatable bonds is 3. The molecule has 0 unspecified atom stereocenters. The van der Waals surface area contributed by atoms with Crippen LogP contribution in [-0.2, 0) is 11.3 Å². The number of carbonyl (C=O) groups excluding carboxylic acids is 1. The molecule has 1 saturated heterocycles. The topological polar surface area (TPSA) is 41.6 Å². The molecule has 1 heterocycles. The van der Waals surface area contributed by atoms with Crippen molar-refractivity contribution in [2.24, 2.45) is 5.92 Å². The van der Waals surface area contributed by atoms with Crippen LogP contribution in [-0.4, -0.2) is 34.7 Å². The van der Waals surface area contributed by atoms with Crippen molar-refractivity contribution in [3.05, 3.63) is 35.9 Å². The van der Waals surface area contributed by atoms with Gasteiger partial charge in [0, 0.05) is 24.7 Å². The summed E-state index contributed by atoms with van der Waals surface area (Å²) in [7, 11) is 0. The maximum absolute atomic E-state index is 12.2. The molecule has 4 nitrogen and oxygen atoms in total. The average Bonchev–Trinajstić information content (AvgIpc) is 2.48.